The van der Waals surface area contributed by atoms with E-state index < -0.39 is 0 Å². The summed E-state index contributed by atoms with van der Waals surface area (Å²) in [6, 6.07) is 4.88. The van der Waals surface area contributed by atoms with E-state index in [2.05, 4.69) is 43.7 Å². The van der Waals surface area contributed by atoms with E-state index in [0.717, 1.165) is 64.6 Å². The van der Waals surface area contributed by atoms with Crippen LogP contribution in [0.3, 0.4) is 0 Å². The number of hydrogen-bond acceptors (Lipinski definition) is 5. The highest BCUT2D eigenvalue weighted by Crippen LogP contribution is 2.21. The molecule has 0 amide bonds. The average molecular weight is 344 g/mol. The first-order valence-corrected chi connectivity index (χ1v) is 9.23. The largest absolute Gasteiger partial charge is 0.379 e. The molecule has 25 heavy (non-hydrogen) atoms. The quantitative estimate of drug-likeness (QED) is 0.829. The number of ether oxygens (including phenoxy) is 1. The first-order chi connectivity index (χ1) is 12.2. The Hall–Kier alpha value is -1.70. The van der Waals surface area contributed by atoms with Gasteiger partial charge in [-0.05, 0) is 25.5 Å². The Labute approximate surface area is 149 Å². The van der Waals surface area contributed by atoms with Crippen molar-refractivity contribution in [1.82, 2.24) is 29.4 Å². The molecule has 4 heterocycles. The minimum Gasteiger partial charge on any atom is -0.379 e. The van der Waals surface area contributed by atoms with Crippen LogP contribution in [-0.4, -0.2) is 68.3 Å². The van der Waals surface area contributed by atoms with Crippen LogP contribution in [0.15, 0.2) is 18.3 Å². The van der Waals surface area contributed by atoms with Crippen LogP contribution in [-0.2, 0) is 31.4 Å². The van der Waals surface area contributed by atoms with Gasteiger partial charge in [-0.2, -0.15) is 10.2 Å². The standard InChI is InChI=1S/C18H28N6O/c1-15-11-18(21(2)20-15)14-23-13-17-3-5-19-24(17)6-4-16(23)12-22-7-9-25-10-8-22/h3,5,11,16H,4,6-10,12-14H2,1-2H3/t16-/m0/s1. The number of aryl methyl sites for hydroxylation is 3. The van der Waals surface area contributed by atoms with Gasteiger partial charge in [0.15, 0.2) is 0 Å². The fraction of sp³-hybridized carbons (Fsp3) is 0.667. The van der Waals surface area contributed by atoms with E-state index in [1.807, 2.05) is 17.9 Å². The van der Waals surface area contributed by atoms with Crippen molar-refractivity contribution < 1.29 is 4.74 Å². The molecule has 7 nitrogen and oxygen atoms in total. The Morgan fingerprint density at radius 3 is 2.84 bits per heavy atom. The zero-order chi connectivity index (χ0) is 17.2. The molecule has 0 aromatic carbocycles. The molecule has 1 saturated heterocycles. The van der Waals surface area contributed by atoms with E-state index in [1.54, 1.807) is 0 Å². The second-order valence-corrected chi connectivity index (χ2v) is 7.21. The number of aromatic nitrogens is 4. The molecule has 0 spiro atoms. The van der Waals surface area contributed by atoms with Crippen molar-refractivity contribution in [2.24, 2.45) is 7.05 Å². The first-order valence-electron chi connectivity index (χ1n) is 9.23. The van der Waals surface area contributed by atoms with E-state index >= 15 is 0 Å². The Kier molecular flexibility index (Phi) is 4.87. The van der Waals surface area contributed by atoms with Gasteiger partial charge in [0.2, 0.25) is 0 Å². The van der Waals surface area contributed by atoms with Crippen molar-refractivity contribution >= 4 is 0 Å². The maximum Gasteiger partial charge on any atom is 0.0597 e. The number of rotatable bonds is 4. The molecule has 0 bridgehead atoms. The van der Waals surface area contributed by atoms with Gasteiger partial charge in [-0.15, -0.1) is 0 Å². The number of hydrogen-bond donors (Lipinski definition) is 0. The Morgan fingerprint density at radius 1 is 1.24 bits per heavy atom. The highest BCUT2D eigenvalue weighted by molar-refractivity contribution is 5.10. The molecule has 7 heteroatoms. The summed E-state index contributed by atoms with van der Waals surface area (Å²) in [5, 5.41) is 9.02. The maximum atomic E-state index is 5.51. The maximum absolute atomic E-state index is 5.51. The summed E-state index contributed by atoms with van der Waals surface area (Å²) >= 11 is 0. The topological polar surface area (TPSA) is 51.4 Å². The molecule has 2 aromatic rings. The minimum atomic E-state index is 0.523. The third kappa shape index (κ3) is 3.78. The molecule has 2 aliphatic rings. The average Bonchev–Trinajstić information content (AvgIpc) is 3.13. The molecular weight excluding hydrogens is 316 g/mol. The molecule has 2 aliphatic heterocycles. The third-order valence-corrected chi connectivity index (χ3v) is 5.40. The summed E-state index contributed by atoms with van der Waals surface area (Å²) in [5.74, 6) is 0. The summed E-state index contributed by atoms with van der Waals surface area (Å²) < 4.78 is 9.70. The molecule has 0 N–H and O–H groups in total. The van der Waals surface area contributed by atoms with E-state index in [-0.39, 0.29) is 0 Å². The highest BCUT2D eigenvalue weighted by atomic mass is 16.5. The van der Waals surface area contributed by atoms with Crippen molar-refractivity contribution in [2.45, 2.75) is 39.0 Å². The monoisotopic (exact) mass is 344 g/mol. The molecule has 0 unspecified atom stereocenters. The van der Waals surface area contributed by atoms with Crippen LogP contribution in [0.5, 0.6) is 0 Å². The van der Waals surface area contributed by atoms with Crippen LogP contribution in [0.4, 0.5) is 0 Å². The predicted octanol–water partition coefficient (Wildman–Crippen LogP) is 1.03. The summed E-state index contributed by atoms with van der Waals surface area (Å²) in [6.07, 6.45) is 3.05. The highest BCUT2D eigenvalue weighted by Gasteiger charge is 2.27. The molecule has 2 aromatic heterocycles. The lowest BCUT2D eigenvalue weighted by atomic mass is 10.1. The van der Waals surface area contributed by atoms with Gasteiger partial charge in [-0.1, -0.05) is 0 Å². The van der Waals surface area contributed by atoms with Crippen molar-refractivity contribution in [3.05, 3.63) is 35.4 Å². The number of nitrogens with zero attached hydrogens (tertiary/aromatic N) is 6. The second-order valence-electron chi connectivity index (χ2n) is 7.21. The number of fused-ring (bicyclic) bond motifs is 1. The van der Waals surface area contributed by atoms with E-state index in [0.29, 0.717) is 6.04 Å². The van der Waals surface area contributed by atoms with Crippen LogP contribution in [0.2, 0.25) is 0 Å². The molecular formula is C18H28N6O. The van der Waals surface area contributed by atoms with Gasteiger partial charge in [-0.3, -0.25) is 19.2 Å². The Balaban J connectivity index is 1.53. The van der Waals surface area contributed by atoms with Crippen molar-refractivity contribution in [3.8, 4) is 0 Å². The summed E-state index contributed by atoms with van der Waals surface area (Å²) in [4.78, 5) is 5.15. The molecule has 0 saturated carbocycles. The van der Waals surface area contributed by atoms with Crippen molar-refractivity contribution in [3.63, 3.8) is 0 Å². The lowest BCUT2D eigenvalue weighted by Gasteiger charge is -2.35. The first kappa shape index (κ1) is 16.8. The molecule has 0 radical (unpaired) electrons. The van der Waals surface area contributed by atoms with E-state index in [4.69, 9.17) is 4.74 Å². The third-order valence-electron chi connectivity index (χ3n) is 5.40. The Morgan fingerprint density at radius 2 is 2.08 bits per heavy atom. The molecule has 136 valence electrons. The van der Waals surface area contributed by atoms with Crippen molar-refractivity contribution in [1.29, 1.82) is 0 Å². The molecule has 1 fully saturated rings. The van der Waals surface area contributed by atoms with Crippen LogP contribution < -0.4 is 0 Å². The van der Waals surface area contributed by atoms with Gasteiger partial charge in [-0.25, -0.2) is 0 Å². The van der Waals surface area contributed by atoms with Gasteiger partial charge in [0.05, 0.1) is 30.3 Å². The fourth-order valence-electron chi connectivity index (χ4n) is 3.98. The van der Waals surface area contributed by atoms with E-state index in [1.165, 1.54) is 11.4 Å². The summed E-state index contributed by atoms with van der Waals surface area (Å²) in [5.41, 5.74) is 3.67. The number of morpholine rings is 1. The zero-order valence-electron chi connectivity index (χ0n) is 15.3. The second kappa shape index (κ2) is 7.27. The minimum absolute atomic E-state index is 0.523. The normalized spacial score (nSPS) is 22.7. The SMILES string of the molecule is Cc1cc(CN2Cc3ccnn3CC[C@H]2CN2CCOCC2)n(C)n1. The lowest BCUT2D eigenvalue weighted by Crippen LogP contribution is -2.46. The summed E-state index contributed by atoms with van der Waals surface area (Å²) in [7, 11) is 2.04. The van der Waals surface area contributed by atoms with Gasteiger partial charge >= 0.3 is 0 Å². The van der Waals surface area contributed by atoms with Crippen molar-refractivity contribution in [2.75, 3.05) is 32.8 Å². The van der Waals surface area contributed by atoms with Crippen LogP contribution in [0.1, 0.15) is 23.5 Å². The van der Waals surface area contributed by atoms with Gasteiger partial charge in [0.1, 0.15) is 0 Å². The van der Waals surface area contributed by atoms with Crippen LogP contribution in [0, 0.1) is 6.92 Å². The molecule has 1 atom stereocenters. The van der Waals surface area contributed by atoms with Crippen LogP contribution >= 0.6 is 0 Å². The predicted molar refractivity (Wildman–Crippen MR) is 95.1 cm³/mol. The smallest absolute Gasteiger partial charge is 0.0597 e. The van der Waals surface area contributed by atoms with Crippen LogP contribution in [0.25, 0.3) is 0 Å². The fourth-order valence-corrected chi connectivity index (χ4v) is 3.98. The summed E-state index contributed by atoms with van der Waals surface area (Å²) in [6.45, 7) is 9.83. The van der Waals surface area contributed by atoms with Gasteiger partial charge in [0, 0.05) is 58.6 Å². The van der Waals surface area contributed by atoms with Gasteiger partial charge < -0.3 is 4.74 Å². The molecule has 0 aliphatic carbocycles. The van der Waals surface area contributed by atoms with E-state index in [9.17, 15) is 0 Å². The lowest BCUT2D eigenvalue weighted by molar-refractivity contribution is 0.0194. The van der Waals surface area contributed by atoms with Gasteiger partial charge in [0.25, 0.3) is 0 Å². The molecule has 4 rings (SSSR count). The Bertz CT molecular complexity index is 702. The zero-order valence-corrected chi connectivity index (χ0v) is 15.3.